The minimum atomic E-state index is 0.401. The molecule has 0 saturated heterocycles. The number of hydrogen-bond acceptors (Lipinski definition) is 6. The molecule has 6 nitrogen and oxygen atoms in total. The van der Waals surface area contributed by atoms with Crippen molar-refractivity contribution >= 4 is 11.9 Å². The van der Waals surface area contributed by atoms with E-state index in [9.17, 15) is 0 Å². The van der Waals surface area contributed by atoms with Crippen LogP contribution in [-0.4, -0.2) is 41.2 Å². The Kier molecular flexibility index (Phi) is 4.76. The molecule has 1 fully saturated rings. The number of hydrogen-bond donors (Lipinski definition) is 1. The van der Waals surface area contributed by atoms with Crippen molar-refractivity contribution in [3.05, 3.63) is 0 Å². The van der Waals surface area contributed by atoms with Crippen LogP contribution in [0.25, 0.3) is 0 Å². The zero-order chi connectivity index (χ0) is 13.7. The minimum Gasteiger partial charge on any atom is -0.464 e. The molecule has 0 radical (unpaired) electrons. The fourth-order valence-corrected chi connectivity index (χ4v) is 1.88. The highest BCUT2D eigenvalue weighted by atomic mass is 16.5. The van der Waals surface area contributed by atoms with Gasteiger partial charge in [-0.05, 0) is 39.5 Å². The first kappa shape index (κ1) is 13.8. The predicted molar refractivity (Wildman–Crippen MR) is 75.8 cm³/mol. The van der Waals surface area contributed by atoms with E-state index in [1.165, 1.54) is 12.8 Å². The summed E-state index contributed by atoms with van der Waals surface area (Å²) in [6.45, 7) is 9.34. The van der Waals surface area contributed by atoms with Crippen molar-refractivity contribution in [2.24, 2.45) is 5.92 Å². The van der Waals surface area contributed by atoms with Gasteiger partial charge in [0.15, 0.2) is 0 Å². The highest BCUT2D eigenvalue weighted by Gasteiger charge is 2.25. The lowest BCUT2D eigenvalue weighted by Gasteiger charge is -2.21. The first-order valence-corrected chi connectivity index (χ1v) is 7.14. The van der Waals surface area contributed by atoms with E-state index in [1.54, 1.807) is 0 Å². The quantitative estimate of drug-likeness (QED) is 0.775. The highest BCUT2D eigenvalue weighted by Crippen LogP contribution is 2.30. The Labute approximate surface area is 114 Å². The summed E-state index contributed by atoms with van der Waals surface area (Å²) in [6.07, 6.45) is 2.64. The van der Waals surface area contributed by atoms with Crippen LogP contribution in [0.1, 0.15) is 33.6 Å². The van der Waals surface area contributed by atoms with E-state index in [0.29, 0.717) is 24.5 Å². The molecule has 0 aliphatic heterocycles. The monoisotopic (exact) mass is 265 g/mol. The molecule has 1 aromatic heterocycles. The molecule has 19 heavy (non-hydrogen) atoms. The normalized spacial score (nSPS) is 14.3. The summed E-state index contributed by atoms with van der Waals surface area (Å²) in [7, 11) is 0. The summed E-state index contributed by atoms with van der Waals surface area (Å²) in [5, 5.41) is 3.13. The van der Waals surface area contributed by atoms with Gasteiger partial charge in [0.1, 0.15) is 0 Å². The Bertz CT molecular complexity index is 384. The summed E-state index contributed by atoms with van der Waals surface area (Å²) in [5.41, 5.74) is 0. The van der Waals surface area contributed by atoms with Crippen molar-refractivity contribution in [1.29, 1.82) is 0 Å². The Morgan fingerprint density at radius 1 is 1.21 bits per heavy atom. The molecule has 1 saturated carbocycles. The van der Waals surface area contributed by atoms with E-state index in [-0.39, 0.29) is 0 Å². The number of rotatable bonds is 8. The van der Waals surface area contributed by atoms with Crippen LogP contribution in [0.3, 0.4) is 0 Å². The molecular weight excluding hydrogens is 242 g/mol. The van der Waals surface area contributed by atoms with Gasteiger partial charge in [0.2, 0.25) is 11.9 Å². The Morgan fingerprint density at radius 2 is 2.00 bits per heavy atom. The standard InChI is InChI=1S/C13H23N5O/c1-4-14-11-15-12(17-13(16-11)19-6-3)18(5-2)9-10-7-8-10/h10H,4-9H2,1-3H3,(H,14,15,16,17). The largest absolute Gasteiger partial charge is 0.464 e. The number of anilines is 2. The smallest absolute Gasteiger partial charge is 0.323 e. The predicted octanol–water partition coefficient (Wildman–Crippen LogP) is 1.94. The topological polar surface area (TPSA) is 63.2 Å². The second kappa shape index (κ2) is 6.54. The lowest BCUT2D eigenvalue weighted by molar-refractivity contribution is 0.312. The first-order valence-electron chi connectivity index (χ1n) is 7.14. The molecule has 6 heteroatoms. The van der Waals surface area contributed by atoms with E-state index < -0.39 is 0 Å². The van der Waals surface area contributed by atoms with Gasteiger partial charge in [-0.15, -0.1) is 0 Å². The highest BCUT2D eigenvalue weighted by molar-refractivity contribution is 5.38. The molecule has 0 spiro atoms. The maximum atomic E-state index is 5.42. The van der Waals surface area contributed by atoms with Crippen LogP contribution < -0.4 is 15.0 Å². The van der Waals surface area contributed by atoms with Gasteiger partial charge in [-0.1, -0.05) is 0 Å². The van der Waals surface area contributed by atoms with Crippen LogP contribution in [0.5, 0.6) is 6.01 Å². The fourth-order valence-electron chi connectivity index (χ4n) is 1.88. The molecule has 1 aliphatic carbocycles. The Hall–Kier alpha value is -1.59. The molecule has 2 rings (SSSR count). The van der Waals surface area contributed by atoms with E-state index in [2.05, 4.69) is 32.1 Å². The van der Waals surface area contributed by atoms with Gasteiger partial charge < -0.3 is 15.0 Å². The molecule has 0 atom stereocenters. The van der Waals surface area contributed by atoms with Gasteiger partial charge in [0.25, 0.3) is 0 Å². The van der Waals surface area contributed by atoms with Crippen LogP contribution in [0, 0.1) is 5.92 Å². The van der Waals surface area contributed by atoms with Gasteiger partial charge in [-0.25, -0.2) is 0 Å². The molecule has 0 aromatic carbocycles. The van der Waals surface area contributed by atoms with Crippen molar-refractivity contribution in [3.63, 3.8) is 0 Å². The van der Waals surface area contributed by atoms with Crippen molar-refractivity contribution < 1.29 is 4.74 Å². The Morgan fingerprint density at radius 3 is 2.58 bits per heavy atom. The van der Waals surface area contributed by atoms with E-state index in [1.807, 2.05) is 13.8 Å². The zero-order valence-corrected chi connectivity index (χ0v) is 12.0. The summed E-state index contributed by atoms with van der Waals surface area (Å²) >= 11 is 0. The third kappa shape index (κ3) is 3.94. The number of aromatic nitrogens is 3. The average Bonchev–Trinajstić information content (AvgIpc) is 3.20. The van der Waals surface area contributed by atoms with Gasteiger partial charge in [0, 0.05) is 19.6 Å². The van der Waals surface area contributed by atoms with Gasteiger partial charge in [-0.3, -0.25) is 0 Å². The molecule has 1 N–H and O–H groups in total. The average molecular weight is 265 g/mol. The van der Waals surface area contributed by atoms with Crippen LogP contribution in [0.15, 0.2) is 0 Å². The molecule has 1 aliphatic rings. The third-order valence-electron chi connectivity index (χ3n) is 3.05. The van der Waals surface area contributed by atoms with Gasteiger partial charge in [0.05, 0.1) is 6.61 Å². The molecule has 0 bridgehead atoms. The van der Waals surface area contributed by atoms with Crippen LogP contribution >= 0.6 is 0 Å². The summed E-state index contributed by atoms with van der Waals surface area (Å²) in [6, 6.07) is 0.401. The van der Waals surface area contributed by atoms with Crippen molar-refractivity contribution in [2.45, 2.75) is 33.6 Å². The molecule has 0 amide bonds. The number of nitrogens with one attached hydrogen (secondary N) is 1. The van der Waals surface area contributed by atoms with Crippen molar-refractivity contribution in [1.82, 2.24) is 15.0 Å². The maximum absolute atomic E-state index is 5.42. The molecule has 106 valence electrons. The van der Waals surface area contributed by atoms with Crippen LogP contribution in [-0.2, 0) is 0 Å². The zero-order valence-electron chi connectivity index (χ0n) is 12.0. The Balaban J connectivity index is 2.19. The van der Waals surface area contributed by atoms with E-state index >= 15 is 0 Å². The summed E-state index contributed by atoms with van der Waals surface area (Å²) in [5.74, 6) is 2.10. The van der Waals surface area contributed by atoms with Crippen molar-refractivity contribution in [2.75, 3.05) is 36.5 Å². The maximum Gasteiger partial charge on any atom is 0.323 e. The second-order valence-corrected chi connectivity index (χ2v) is 4.69. The molecule has 0 unspecified atom stereocenters. The lowest BCUT2D eigenvalue weighted by Crippen LogP contribution is -2.28. The summed E-state index contributed by atoms with van der Waals surface area (Å²) < 4.78 is 5.42. The summed E-state index contributed by atoms with van der Waals surface area (Å²) in [4.78, 5) is 15.3. The first-order chi connectivity index (χ1) is 9.26. The van der Waals surface area contributed by atoms with Gasteiger partial charge in [-0.2, -0.15) is 15.0 Å². The minimum absolute atomic E-state index is 0.401. The van der Waals surface area contributed by atoms with E-state index in [0.717, 1.165) is 25.6 Å². The lowest BCUT2D eigenvalue weighted by atomic mass is 10.4. The van der Waals surface area contributed by atoms with Crippen LogP contribution in [0.4, 0.5) is 11.9 Å². The second-order valence-electron chi connectivity index (χ2n) is 4.69. The molecule has 1 heterocycles. The SMILES string of the molecule is CCNc1nc(OCC)nc(N(CC)CC2CC2)n1. The van der Waals surface area contributed by atoms with Gasteiger partial charge >= 0.3 is 6.01 Å². The molecular formula is C13H23N5O. The van der Waals surface area contributed by atoms with Crippen LogP contribution in [0.2, 0.25) is 0 Å². The van der Waals surface area contributed by atoms with E-state index in [4.69, 9.17) is 4.74 Å². The number of ether oxygens (including phenoxy) is 1. The fraction of sp³-hybridized carbons (Fsp3) is 0.769. The third-order valence-corrected chi connectivity index (χ3v) is 3.05. The van der Waals surface area contributed by atoms with Crippen molar-refractivity contribution in [3.8, 4) is 6.01 Å². The molecule has 1 aromatic rings. The number of nitrogens with zero attached hydrogens (tertiary/aromatic N) is 4.